The van der Waals surface area contributed by atoms with Crippen LogP contribution in [0.3, 0.4) is 0 Å². The normalized spacial score (nSPS) is 14.4. The number of aromatic nitrogens is 2. The lowest BCUT2D eigenvalue weighted by molar-refractivity contribution is 0.0942. The second-order valence-corrected chi connectivity index (χ2v) is 7.29. The summed E-state index contributed by atoms with van der Waals surface area (Å²) in [6.07, 6.45) is 4.06. The number of hydrogen-bond acceptors (Lipinski definition) is 4. The fourth-order valence-corrected chi connectivity index (χ4v) is 3.53. The first-order chi connectivity index (χ1) is 12.3. The Morgan fingerprint density at radius 2 is 2.08 bits per heavy atom. The summed E-state index contributed by atoms with van der Waals surface area (Å²) in [4.78, 5) is 17.9. The Balaban J connectivity index is 1.32. The third kappa shape index (κ3) is 3.86. The number of rotatable bonds is 6. The third-order valence-electron chi connectivity index (χ3n) is 4.33. The lowest BCUT2D eigenvalue weighted by Crippen LogP contribution is -2.48. The highest BCUT2D eigenvalue weighted by atomic mass is 32.2. The van der Waals surface area contributed by atoms with Crippen LogP contribution in [0.5, 0.6) is 0 Å². The number of benzene rings is 1. The van der Waals surface area contributed by atoms with Gasteiger partial charge < -0.3 is 15.0 Å². The highest BCUT2D eigenvalue weighted by Crippen LogP contribution is 2.23. The monoisotopic (exact) mass is 352 g/mol. The van der Waals surface area contributed by atoms with E-state index in [-0.39, 0.29) is 5.91 Å². The maximum atomic E-state index is 12.1. The standard InChI is InChI=1S/C19H20N4OS/c24-19(21-11-14-9-20-10-14)15-4-6-17(7-5-15)25-13-16-12-23-8-2-1-3-18(23)22-16/h1-8,12,14,20H,9-11,13H2,(H,21,24). The lowest BCUT2D eigenvalue weighted by Gasteiger charge is -2.27. The second kappa shape index (κ2) is 7.29. The third-order valence-corrected chi connectivity index (χ3v) is 5.38. The van der Waals surface area contributed by atoms with Crippen molar-refractivity contribution in [3.63, 3.8) is 0 Å². The summed E-state index contributed by atoms with van der Waals surface area (Å²) in [5.74, 6) is 1.38. The zero-order valence-electron chi connectivity index (χ0n) is 13.8. The molecule has 1 aromatic carbocycles. The van der Waals surface area contributed by atoms with E-state index in [0.717, 1.165) is 41.6 Å². The Morgan fingerprint density at radius 1 is 1.24 bits per heavy atom. The van der Waals surface area contributed by atoms with Crippen LogP contribution in [0.2, 0.25) is 0 Å². The fourth-order valence-electron chi connectivity index (χ4n) is 2.75. The molecule has 0 radical (unpaired) electrons. The van der Waals surface area contributed by atoms with Gasteiger partial charge in [-0.2, -0.15) is 0 Å². The number of imidazole rings is 1. The minimum atomic E-state index is 0.00352. The minimum absolute atomic E-state index is 0.00352. The number of pyridine rings is 1. The van der Waals surface area contributed by atoms with Gasteiger partial charge in [0.25, 0.3) is 5.91 Å². The van der Waals surface area contributed by atoms with Crippen LogP contribution in [0, 0.1) is 5.92 Å². The first-order valence-corrected chi connectivity index (χ1v) is 9.41. The molecule has 128 valence electrons. The van der Waals surface area contributed by atoms with Crippen LogP contribution in [-0.4, -0.2) is 34.9 Å². The molecule has 0 unspecified atom stereocenters. The van der Waals surface area contributed by atoms with E-state index in [1.807, 2.05) is 53.1 Å². The molecule has 5 nitrogen and oxygen atoms in total. The lowest BCUT2D eigenvalue weighted by atomic mass is 10.0. The van der Waals surface area contributed by atoms with E-state index < -0.39 is 0 Å². The average molecular weight is 352 g/mol. The van der Waals surface area contributed by atoms with E-state index in [2.05, 4.69) is 21.8 Å². The summed E-state index contributed by atoms with van der Waals surface area (Å²) < 4.78 is 2.03. The Kier molecular flexibility index (Phi) is 4.72. The maximum absolute atomic E-state index is 12.1. The van der Waals surface area contributed by atoms with Crippen LogP contribution in [0.25, 0.3) is 5.65 Å². The molecule has 4 rings (SSSR count). The Bertz CT molecular complexity index is 838. The van der Waals surface area contributed by atoms with E-state index in [0.29, 0.717) is 11.5 Å². The molecule has 6 heteroatoms. The number of amides is 1. The zero-order valence-corrected chi connectivity index (χ0v) is 14.6. The van der Waals surface area contributed by atoms with Gasteiger partial charge in [-0.1, -0.05) is 6.07 Å². The van der Waals surface area contributed by atoms with Crippen molar-refractivity contribution in [3.05, 3.63) is 66.1 Å². The number of carbonyl (C=O) groups excluding carboxylic acids is 1. The van der Waals surface area contributed by atoms with Crippen molar-refractivity contribution >= 4 is 23.3 Å². The molecule has 2 N–H and O–H groups in total. The van der Waals surface area contributed by atoms with Crippen LogP contribution in [0.15, 0.2) is 59.8 Å². The van der Waals surface area contributed by atoms with E-state index in [1.54, 1.807) is 11.8 Å². The van der Waals surface area contributed by atoms with Gasteiger partial charge in [-0.3, -0.25) is 4.79 Å². The van der Waals surface area contributed by atoms with Gasteiger partial charge in [0.15, 0.2) is 0 Å². The SMILES string of the molecule is O=C(NCC1CNC1)c1ccc(SCc2cn3ccccc3n2)cc1. The van der Waals surface area contributed by atoms with Crippen molar-refractivity contribution < 1.29 is 4.79 Å². The van der Waals surface area contributed by atoms with Crippen molar-refractivity contribution in [3.8, 4) is 0 Å². The first kappa shape index (κ1) is 16.2. The molecule has 3 aromatic rings. The van der Waals surface area contributed by atoms with E-state index in [9.17, 15) is 4.79 Å². The maximum Gasteiger partial charge on any atom is 0.251 e. The largest absolute Gasteiger partial charge is 0.352 e. The van der Waals surface area contributed by atoms with Crippen LogP contribution in [-0.2, 0) is 5.75 Å². The van der Waals surface area contributed by atoms with Crippen molar-refractivity contribution in [2.45, 2.75) is 10.6 Å². The molecule has 2 aromatic heterocycles. The predicted molar refractivity (Wildman–Crippen MR) is 99.9 cm³/mol. The van der Waals surface area contributed by atoms with Gasteiger partial charge in [-0.25, -0.2) is 4.98 Å². The van der Waals surface area contributed by atoms with Gasteiger partial charge in [-0.05, 0) is 36.4 Å². The molecule has 0 spiro atoms. The number of fused-ring (bicyclic) bond motifs is 1. The Morgan fingerprint density at radius 3 is 2.80 bits per heavy atom. The number of hydrogen-bond donors (Lipinski definition) is 2. The van der Waals surface area contributed by atoms with Crippen LogP contribution < -0.4 is 10.6 Å². The van der Waals surface area contributed by atoms with Gasteiger partial charge >= 0.3 is 0 Å². The molecule has 1 fully saturated rings. The Labute approximate surface area is 150 Å². The topological polar surface area (TPSA) is 58.4 Å². The zero-order chi connectivity index (χ0) is 17.1. The molecule has 25 heavy (non-hydrogen) atoms. The average Bonchev–Trinajstić information content (AvgIpc) is 3.02. The summed E-state index contributed by atoms with van der Waals surface area (Å²) >= 11 is 1.72. The fraction of sp³-hybridized carbons (Fsp3) is 0.263. The van der Waals surface area contributed by atoms with Crippen molar-refractivity contribution in [2.24, 2.45) is 5.92 Å². The summed E-state index contributed by atoms with van der Waals surface area (Å²) in [6, 6.07) is 13.8. The summed E-state index contributed by atoms with van der Waals surface area (Å²) in [5.41, 5.74) is 2.73. The second-order valence-electron chi connectivity index (χ2n) is 6.25. The number of nitrogens with zero attached hydrogens (tertiary/aromatic N) is 2. The quantitative estimate of drug-likeness (QED) is 0.670. The van der Waals surface area contributed by atoms with Crippen molar-refractivity contribution in [1.82, 2.24) is 20.0 Å². The molecule has 0 saturated carbocycles. The van der Waals surface area contributed by atoms with Crippen LogP contribution >= 0.6 is 11.8 Å². The highest BCUT2D eigenvalue weighted by Gasteiger charge is 2.17. The van der Waals surface area contributed by atoms with E-state index in [1.165, 1.54) is 0 Å². The van der Waals surface area contributed by atoms with Gasteiger partial charge in [-0.15, -0.1) is 11.8 Å². The number of thioether (sulfide) groups is 1. The van der Waals surface area contributed by atoms with Crippen LogP contribution in [0.1, 0.15) is 16.1 Å². The molecule has 1 aliphatic heterocycles. The van der Waals surface area contributed by atoms with E-state index >= 15 is 0 Å². The first-order valence-electron chi connectivity index (χ1n) is 8.42. The van der Waals surface area contributed by atoms with Gasteiger partial charge in [0.1, 0.15) is 5.65 Å². The van der Waals surface area contributed by atoms with Crippen molar-refractivity contribution in [1.29, 1.82) is 0 Å². The van der Waals surface area contributed by atoms with Crippen molar-refractivity contribution in [2.75, 3.05) is 19.6 Å². The molecule has 0 atom stereocenters. The van der Waals surface area contributed by atoms with E-state index in [4.69, 9.17) is 0 Å². The summed E-state index contributed by atoms with van der Waals surface area (Å²) in [6.45, 7) is 2.74. The molecule has 0 aliphatic carbocycles. The highest BCUT2D eigenvalue weighted by molar-refractivity contribution is 7.98. The Hall–Kier alpha value is -2.31. The predicted octanol–water partition coefficient (Wildman–Crippen LogP) is 2.58. The smallest absolute Gasteiger partial charge is 0.251 e. The van der Waals surface area contributed by atoms with Gasteiger partial charge in [0.05, 0.1) is 5.69 Å². The van der Waals surface area contributed by atoms with Crippen LogP contribution in [0.4, 0.5) is 0 Å². The van der Waals surface area contributed by atoms with Gasteiger partial charge in [0.2, 0.25) is 0 Å². The molecule has 1 saturated heterocycles. The minimum Gasteiger partial charge on any atom is -0.352 e. The molecule has 1 amide bonds. The molecule has 0 bridgehead atoms. The molecular weight excluding hydrogens is 332 g/mol. The van der Waals surface area contributed by atoms with Gasteiger partial charge in [0, 0.05) is 54.2 Å². The summed E-state index contributed by atoms with van der Waals surface area (Å²) in [7, 11) is 0. The summed E-state index contributed by atoms with van der Waals surface area (Å²) in [5, 5.41) is 6.20. The molecule has 3 heterocycles. The molecule has 1 aliphatic rings. The number of nitrogens with one attached hydrogen (secondary N) is 2. The molecular formula is C19H20N4OS. The number of carbonyl (C=O) groups is 1.